The molecule has 0 aliphatic carbocycles. The topological polar surface area (TPSA) is 75.6 Å². The van der Waals surface area contributed by atoms with Crippen molar-refractivity contribution in [2.75, 3.05) is 0 Å². The molecule has 0 bridgehead atoms. The average Bonchev–Trinajstić information content (AvgIpc) is 3.08. The minimum atomic E-state index is 0.347. The van der Waals surface area contributed by atoms with E-state index in [-0.39, 0.29) is 0 Å². The van der Waals surface area contributed by atoms with Gasteiger partial charge in [-0.05, 0) is 36.0 Å². The first-order valence-electron chi connectivity index (χ1n) is 5.39. The standard InChI is InChI=1S/C12H5ClN4OS2/c13-9-5-4-8(19-9)11-16-17-12(18-11)20-10-3-1-2-7(6-14)15-10/h1-5H. The lowest BCUT2D eigenvalue weighted by Crippen LogP contribution is -1.84. The van der Waals surface area contributed by atoms with Gasteiger partial charge in [0.05, 0.1) is 9.21 Å². The fourth-order valence-electron chi connectivity index (χ4n) is 1.40. The molecule has 20 heavy (non-hydrogen) atoms. The zero-order valence-electron chi connectivity index (χ0n) is 9.78. The highest BCUT2D eigenvalue weighted by Crippen LogP contribution is 2.32. The summed E-state index contributed by atoms with van der Waals surface area (Å²) < 4.78 is 6.19. The van der Waals surface area contributed by atoms with Crippen molar-refractivity contribution in [3.05, 3.63) is 40.4 Å². The minimum absolute atomic E-state index is 0.347. The van der Waals surface area contributed by atoms with Gasteiger partial charge in [-0.25, -0.2) is 4.98 Å². The number of rotatable bonds is 3. The van der Waals surface area contributed by atoms with Crippen LogP contribution < -0.4 is 0 Å². The van der Waals surface area contributed by atoms with Gasteiger partial charge in [0.15, 0.2) is 0 Å². The van der Waals surface area contributed by atoms with Crippen LogP contribution in [0.3, 0.4) is 0 Å². The van der Waals surface area contributed by atoms with E-state index in [0.29, 0.717) is 26.2 Å². The number of aromatic nitrogens is 3. The van der Waals surface area contributed by atoms with Gasteiger partial charge in [-0.1, -0.05) is 17.7 Å². The smallest absolute Gasteiger partial charge is 0.283 e. The SMILES string of the molecule is N#Cc1cccc(Sc2nnc(-c3ccc(Cl)s3)o2)n1. The van der Waals surface area contributed by atoms with E-state index in [1.165, 1.54) is 23.1 Å². The zero-order chi connectivity index (χ0) is 13.9. The number of hydrogen-bond acceptors (Lipinski definition) is 7. The van der Waals surface area contributed by atoms with Gasteiger partial charge in [0.1, 0.15) is 16.8 Å². The summed E-state index contributed by atoms with van der Waals surface area (Å²) >= 11 is 8.44. The lowest BCUT2D eigenvalue weighted by Gasteiger charge is -1.95. The Morgan fingerprint density at radius 3 is 2.90 bits per heavy atom. The summed E-state index contributed by atoms with van der Waals surface area (Å²) in [5.41, 5.74) is 0.347. The number of halogens is 1. The Kier molecular flexibility index (Phi) is 3.69. The predicted octanol–water partition coefficient (Wildman–Crippen LogP) is 3.87. The molecule has 98 valence electrons. The molecule has 0 N–H and O–H groups in total. The molecule has 0 aromatic carbocycles. The number of nitriles is 1. The maximum absolute atomic E-state index is 8.80. The van der Waals surface area contributed by atoms with Crippen molar-refractivity contribution in [3.8, 4) is 16.8 Å². The van der Waals surface area contributed by atoms with Gasteiger partial charge in [0.25, 0.3) is 11.1 Å². The van der Waals surface area contributed by atoms with E-state index in [4.69, 9.17) is 21.3 Å². The van der Waals surface area contributed by atoms with Gasteiger partial charge in [-0.15, -0.1) is 21.5 Å². The number of pyridine rings is 1. The summed E-state index contributed by atoms with van der Waals surface area (Å²) in [7, 11) is 0. The Labute approximate surface area is 127 Å². The Balaban J connectivity index is 1.82. The van der Waals surface area contributed by atoms with Gasteiger partial charge in [0.2, 0.25) is 0 Å². The molecule has 3 aromatic rings. The molecule has 0 saturated carbocycles. The van der Waals surface area contributed by atoms with Gasteiger partial charge in [-0.2, -0.15) is 5.26 Å². The Morgan fingerprint density at radius 2 is 2.15 bits per heavy atom. The third-order valence-electron chi connectivity index (χ3n) is 2.22. The molecule has 3 heterocycles. The molecule has 0 fully saturated rings. The van der Waals surface area contributed by atoms with Gasteiger partial charge in [-0.3, -0.25) is 0 Å². The summed E-state index contributed by atoms with van der Waals surface area (Å²) in [6.45, 7) is 0. The van der Waals surface area contributed by atoms with E-state index in [2.05, 4.69) is 15.2 Å². The molecule has 5 nitrogen and oxygen atoms in total. The van der Waals surface area contributed by atoms with Crippen LogP contribution in [0.25, 0.3) is 10.8 Å². The Bertz CT molecular complexity index is 793. The number of nitrogens with zero attached hydrogens (tertiary/aromatic N) is 4. The molecule has 0 unspecified atom stereocenters. The van der Waals surface area contributed by atoms with Crippen molar-refractivity contribution < 1.29 is 4.42 Å². The first-order valence-corrected chi connectivity index (χ1v) is 7.40. The molecule has 0 aliphatic rings. The maximum atomic E-state index is 8.80. The van der Waals surface area contributed by atoms with E-state index in [9.17, 15) is 0 Å². The lowest BCUT2D eigenvalue weighted by molar-refractivity contribution is 0.466. The average molecular weight is 321 g/mol. The van der Waals surface area contributed by atoms with Crippen molar-refractivity contribution >= 4 is 34.7 Å². The second-order valence-electron chi connectivity index (χ2n) is 3.55. The monoisotopic (exact) mass is 320 g/mol. The quantitative estimate of drug-likeness (QED) is 0.729. The third-order valence-corrected chi connectivity index (χ3v) is 4.22. The maximum Gasteiger partial charge on any atom is 0.283 e. The summed E-state index contributed by atoms with van der Waals surface area (Å²) in [6, 6.07) is 10.7. The van der Waals surface area contributed by atoms with Crippen LogP contribution in [0.4, 0.5) is 0 Å². The van der Waals surface area contributed by atoms with Crippen LogP contribution in [0.1, 0.15) is 5.69 Å². The summed E-state index contributed by atoms with van der Waals surface area (Å²) in [4.78, 5) is 4.94. The fraction of sp³-hybridized carbons (Fsp3) is 0. The van der Waals surface area contributed by atoms with E-state index in [1.54, 1.807) is 24.3 Å². The van der Waals surface area contributed by atoms with Crippen molar-refractivity contribution in [1.29, 1.82) is 5.26 Å². The van der Waals surface area contributed by atoms with Crippen LogP contribution in [0.5, 0.6) is 0 Å². The van der Waals surface area contributed by atoms with E-state index >= 15 is 0 Å². The fourth-order valence-corrected chi connectivity index (χ4v) is 3.04. The van der Waals surface area contributed by atoms with Crippen LogP contribution in [0.2, 0.25) is 4.34 Å². The van der Waals surface area contributed by atoms with Crippen LogP contribution in [0, 0.1) is 11.3 Å². The highest BCUT2D eigenvalue weighted by Gasteiger charge is 2.12. The molecule has 0 amide bonds. The second-order valence-corrected chi connectivity index (χ2v) is 6.24. The summed E-state index contributed by atoms with van der Waals surface area (Å²) in [5.74, 6) is 0.417. The highest BCUT2D eigenvalue weighted by atomic mass is 35.5. The van der Waals surface area contributed by atoms with Gasteiger partial charge >= 0.3 is 0 Å². The lowest BCUT2D eigenvalue weighted by atomic mass is 10.4. The highest BCUT2D eigenvalue weighted by molar-refractivity contribution is 7.99. The van der Waals surface area contributed by atoms with Crippen LogP contribution in [0.15, 0.2) is 45.0 Å². The van der Waals surface area contributed by atoms with Crippen LogP contribution in [-0.2, 0) is 0 Å². The molecular formula is C12H5ClN4OS2. The van der Waals surface area contributed by atoms with Crippen molar-refractivity contribution in [2.45, 2.75) is 10.2 Å². The van der Waals surface area contributed by atoms with Crippen molar-refractivity contribution in [2.24, 2.45) is 0 Å². The predicted molar refractivity (Wildman–Crippen MR) is 75.7 cm³/mol. The number of thiophene rings is 1. The minimum Gasteiger partial charge on any atom is -0.410 e. The zero-order valence-corrected chi connectivity index (χ0v) is 12.2. The Morgan fingerprint density at radius 1 is 1.25 bits per heavy atom. The molecule has 0 spiro atoms. The van der Waals surface area contributed by atoms with Crippen LogP contribution >= 0.6 is 34.7 Å². The third kappa shape index (κ3) is 2.82. The first-order chi connectivity index (χ1) is 9.74. The van der Waals surface area contributed by atoms with Gasteiger partial charge in [0, 0.05) is 0 Å². The van der Waals surface area contributed by atoms with Crippen molar-refractivity contribution in [3.63, 3.8) is 0 Å². The van der Waals surface area contributed by atoms with Crippen molar-refractivity contribution in [1.82, 2.24) is 15.2 Å². The summed E-state index contributed by atoms with van der Waals surface area (Å²) in [6.07, 6.45) is 0. The molecule has 0 radical (unpaired) electrons. The molecule has 0 saturated heterocycles. The van der Waals surface area contributed by atoms with Crippen LogP contribution in [-0.4, -0.2) is 15.2 Å². The first kappa shape index (κ1) is 13.1. The molecule has 3 rings (SSSR count). The molecule has 0 atom stereocenters. The number of hydrogen-bond donors (Lipinski definition) is 0. The summed E-state index contributed by atoms with van der Waals surface area (Å²) in [5, 5.41) is 17.7. The van der Waals surface area contributed by atoms with Gasteiger partial charge < -0.3 is 4.42 Å². The molecular weight excluding hydrogens is 316 g/mol. The van der Waals surface area contributed by atoms with E-state index in [0.717, 1.165) is 4.88 Å². The van der Waals surface area contributed by atoms with E-state index < -0.39 is 0 Å². The van der Waals surface area contributed by atoms with E-state index in [1.807, 2.05) is 12.1 Å². The largest absolute Gasteiger partial charge is 0.410 e. The second kappa shape index (κ2) is 5.63. The normalized spacial score (nSPS) is 10.4. The molecule has 0 aliphatic heterocycles. The molecule has 8 heteroatoms. The Hall–Kier alpha value is -1.88. The molecule has 3 aromatic heterocycles.